The van der Waals surface area contributed by atoms with E-state index in [1.54, 1.807) is 42.3 Å². The summed E-state index contributed by atoms with van der Waals surface area (Å²) in [4.78, 5) is 27.7. The van der Waals surface area contributed by atoms with Crippen LogP contribution in [0.3, 0.4) is 0 Å². The van der Waals surface area contributed by atoms with Crippen molar-refractivity contribution in [3.8, 4) is 22.7 Å². The topological polar surface area (TPSA) is 148 Å². The largest absolute Gasteiger partial charge is 0.489 e. The fourth-order valence-electron chi connectivity index (χ4n) is 15.5. The standard InChI is InChI=1S/C12H17NO.C10H14N2S.C10H15NOS.2C10H13NO.C10H16O.2C9H16O.C9H16S.9C3H8/c1-10-5-7-11(8-6-10)14-12-4-2-3-9-13-12;1-7-5-9(6-7)13-10-4-3-8(2)11-12-10;1-8-2-4-9(5-3-8)12-10-11-6-7-13-10;1-8-5-10(6-8)12-9-3-2-4-11-7-9;1-8-6-9(7-8)12-10-4-2-3-5-11-10;1-7-4-8(5-7)6-10(11)9-2-3-9;3*1-7-5-9(6-7)10-8-3-2-4-8;9*1-3-2/h2-4,9-11H,5-8H2,1H3;3-4,7,9,11H,2,5-6H2,1H3;6-9H,2-5H2,1H3;2-4,7-8,10H,5-6H2,1H3;2-5,8-9H,6-7H2,1H3;7-9H,2-6H2,1H3;3*7-9H,2-6H2,1H3;9*3H2,1-2H3. The Morgan fingerprint density at radius 3 is 1.08 bits per heavy atom. The second kappa shape index (κ2) is 81.4. The number of carbonyl (C=O) groups is 1. The van der Waals surface area contributed by atoms with Gasteiger partial charge in [-0.3, -0.25) is 15.2 Å². The van der Waals surface area contributed by atoms with E-state index in [1.807, 2.05) is 77.8 Å². The predicted octanol–water partition coefficient (Wildman–Crippen LogP) is 36.1. The molecule has 13 nitrogen and oxygen atoms in total. The molecule has 0 atom stereocenters. The van der Waals surface area contributed by atoms with Crippen molar-refractivity contribution in [2.24, 2.45) is 70.2 Å². The van der Waals surface area contributed by atoms with Gasteiger partial charge in [-0.15, -0.1) is 11.8 Å². The summed E-state index contributed by atoms with van der Waals surface area (Å²) in [5, 5.41) is 11.0. The minimum Gasteiger partial charge on any atom is -0.489 e. The predicted molar refractivity (Wildman–Crippen MR) is 580 cm³/mol. The zero-order chi connectivity index (χ0) is 98.1. The van der Waals surface area contributed by atoms with E-state index in [0.29, 0.717) is 60.5 Å². The lowest BCUT2D eigenvalue weighted by Crippen LogP contribution is -2.35. The Morgan fingerprint density at radius 1 is 0.371 bits per heavy atom. The van der Waals surface area contributed by atoms with E-state index in [4.69, 9.17) is 28.4 Å². The van der Waals surface area contributed by atoms with Crippen LogP contribution < -0.4 is 24.4 Å². The molecule has 0 aromatic carbocycles. The number of nitrogens with zero attached hydrogens (tertiary/aromatic N) is 5. The van der Waals surface area contributed by atoms with Crippen LogP contribution in [0.5, 0.6) is 22.7 Å². The molecule has 14 aliphatic rings. The van der Waals surface area contributed by atoms with E-state index in [0.717, 1.165) is 115 Å². The number of pyridine rings is 3. The summed E-state index contributed by atoms with van der Waals surface area (Å²) in [6.45, 7) is 62.7. The Morgan fingerprint density at radius 2 is 0.758 bits per heavy atom. The first-order valence-corrected chi connectivity index (χ1v) is 57.5. The van der Waals surface area contributed by atoms with E-state index in [1.165, 1.54) is 270 Å². The molecule has 1 N–H and O–H groups in total. The average Bonchev–Trinajstić information content (AvgIpc) is 1.45. The molecule has 0 spiro atoms. The van der Waals surface area contributed by atoms with E-state index >= 15 is 0 Å². The Kier molecular flexibility index (Phi) is 77.4. The Bertz CT molecular complexity index is 3070. The Labute approximate surface area is 828 Å². The maximum Gasteiger partial charge on any atom is 0.273 e. The summed E-state index contributed by atoms with van der Waals surface area (Å²) in [5.41, 5.74) is 3.75. The van der Waals surface area contributed by atoms with E-state index < -0.39 is 0 Å². The molecule has 0 saturated heterocycles. The molecule has 0 bridgehead atoms. The number of ketones is 1. The van der Waals surface area contributed by atoms with Gasteiger partial charge in [0.15, 0.2) is 0 Å². The van der Waals surface area contributed by atoms with Gasteiger partial charge in [-0.05, 0) is 301 Å². The van der Waals surface area contributed by atoms with Gasteiger partial charge < -0.3 is 28.4 Å². The number of Topliss-reactive ketones (excluding diaryl/α,β-unsaturated/α-hetero) is 1. The first-order chi connectivity index (χ1) is 63.6. The van der Waals surface area contributed by atoms with Crippen molar-refractivity contribution >= 4 is 45.7 Å². The van der Waals surface area contributed by atoms with Crippen LogP contribution in [0.25, 0.3) is 0 Å². The van der Waals surface area contributed by atoms with Gasteiger partial charge in [-0.1, -0.05) is 281 Å². The van der Waals surface area contributed by atoms with Crippen LogP contribution in [0, 0.1) is 65.1 Å². The summed E-state index contributed by atoms with van der Waals surface area (Å²) in [7, 11) is 0. The SMILES string of the molecule is C=C1C=CC(SC2CC(C)C2)=NN1.CC1CC(CC(=O)C2CC2)C1.CC1CC(OC2CCC2)C1.CC1CC(OC2CCC2)C1.CC1CC(Oc2ccccn2)C1.CC1CC(Oc2cccnc2)C1.CC1CC(SC2CCC2)C1.CC1CCC(Oc2ccccn2)CC1.CC1CCC(Oc2nccs2)CC1.CCC.CCC.CCC.CCC.CCC.CCC.CCC.CCC.CCC. The third kappa shape index (κ3) is 64.6. The van der Waals surface area contributed by atoms with Gasteiger partial charge in [0.05, 0.1) is 36.7 Å². The Balaban J connectivity index is 0.000000718. The first-order valence-electron chi connectivity index (χ1n) is 54.8. The fraction of sp³-hybridized carbons (Fsp3) is 0.793. The molecule has 16 heteroatoms. The van der Waals surface area contributed by atoms with Crippen LogP contribution in [0.2, 0.25) is 0 Å². The van der Waals surface area contributed by atoms with E-state index in [9.17, 15) is 4.79 Å². The third-order valence-electron chi connectivity index (χ3n) is 23.7. The number of nitrogens with one attached hydrogen (secondary N) is 1. The molecule has 0 unspecified atom stereocenters. The number of hydrazone groups is 1. The molecule has 5 heterocycles. The molecule has 0 radical (unpaired) electrons. The molecule has 762 valence electrons. The number of thioether (sulfide) groups is 2. The quantitative estimate of drug-likeness (QED) is 0.101. The molecular weight excluding hydrogens is 1690 g/mol. The van der Waals surface area contributed by atoms with Gasteiger partial charge in [-0.25, -0.2) is 15.0 Å². The van der Waals surface area contributed by atoms with Gasteiger partial charge in [0.25, 0.3) is 5.19 Å². The minimum absolute atomic E-state index is 0.390. The highest BCUT2D eigenvalue weighted by molar-refractivity contribution is 8.14. The van der Waals surface area contributed by atoms with Gasteiger partial charge >= 0.3 is 0 Å². The molecule has 13 aliphatic carbocycles. The number of aromatic nitrogens is 4. The smallest absolute Gasteiger partial charge is 0.273 e. The summed E-state index contributed by atoms with van der Waals surface area (Å²) >= 11 is 5.73. The van der Waals surface area contributed by atoms with E-state index in [2.05, 4.69) is 236 Å². The Hall–Kier alpha value is -4.48. The van der Waals surface area contributed by atoms with Gasteiger partial charge in [0.1, 0.15) is 34.9 Å². The highest BCUT2D eigenvalue weighted by Gasteiger charge is 2.37. The summed E-state index contributed by atoms with van der Waals surface area (Å²) in [5.74, 6) is 12.4. The summed E-state index contributed by atoms with van der Waals surface area (Å²) < 4.78 is 34.4. The molecule has 0 amide bonds. The van der Waals surface area contributed by atoms with Crippen molar-refractivity contribution in [1.29, 1.82) is 0 Å². The molecule has 13 fully saturated rings. The average molecular weight is 1900 g/mol. The van der Waals surface area contributed by atoms with Crippen molar-refractivity contribution in [3.05, 3.63) is 109 Å². The van der Waals surface area contributed by atoms with Crippen LogP contribution in [-0.2, 0) is 14.3 Å². The maximum absolute atomic E-state index is 11.3. The van der Waals surface area contributed by atoms with Crippen molar-refractivity contribution in [2.75, 3.05) is 0 Å². The van der Waals surface area contributed by atoms with Gasteiger partial charge in [0.2, 0.25) is 11.8 Å². The zero-order valence-corrected chi connectivity index (χ0v) is 92.8. The van der Waals surface area contributed by atoms with Crippen molar-refractivity contribution in [3.63, 3.8) is 0 Å². The maximum atomic E-state index is 11.3. The van der Waals surface area contributed by atoms with Crippen LogP contribution >= 0.6 is 34.9 Å². The highest BCUT2D eigenvalue weighted by Crippen LogP contribution is 2.45. The second-order valence-electron chi connectivity index (χ2n) is 41.1. The number of ether oxygens (including phenoxy) is 6. The first kappa shape index (κ1) is 126. The second-order valence-corrected chi connectivity index (χ2v) is 44.9. The molecule has 1 aliphatic heterocycles. The number of allylic oxidation sites excluding steroid dienone is 1. The van der Waals surface area contributed by atoms with Crippen molar-refractivity contribution in [1.82, 2.24) is 25.4 Å². The molecular formula is C116H208N6O7S3. The number of hydrogen-bond acceptors (Lipinski definition) is 16. The molecule has 18 rings (SSSR count). The number of carbonyl (C=O) groups excluding carboxylic acids is 1. The minimum atomic E-state index is 0.390. The lowest BCUT2D eigenvalue weighted by atomic mass is 9.73. The number of hydrogen-bond donors (Lipinski definition) is 1. The summed E-state index contributed by atoms with van der Waals surface area (Å²) in [6.07, 6.45) is 72.4. The lowest BCUT2D eigenvalue weighted by Gasteiger charge is -2.38. The number of thiazole rings is 1. The van der Waals surface area contributed by atoms with Crippen LogP contribution in [0.15, 0.2) is 114 Å². The lowest BCUT2D eigenvalue weighted by molar-refractivity contribution is -0.122. The van der Waals surface area contributed by atoms with Crippen LogP contribution in [0.1, 0.15) is 463 Å². The highest BCUT2D eigenvalue weighted by atomic mass is 32.2. The van der Waals surface area contributed by atoms with Crippen molar-refractivity contribution in [2.45, 2.75) is 528 Å². The van der Waals surface area contributed by atoms with Crippen molar-refractivity contribution < 1.29 is 33.2 Å². The monoisotopic (exact) mass is 1890 g/mol. The molecule has 132 heavy (non-hydrogen) atoms. The van der Waals surface area contributed by atoms with Gasteiger partial charge in [-0.2, -0.15) is 16.9 Å². The third-order valence-corrected chi connectivity index (χ3v) is 27.2. The van der Waals surface area contributed by atoms with Crippen LogP contribution in [0.4, 0.5) is 0 Å². The van der Waals surface area contributed by atoms with Crippen LogP contribution in [-0.4, -0.2) is 95.3 Å². The molecule has 4 aromatic heterocycles. The normalized spacial score (nSPS) is 27.4. The van der Waals surface area contributed by atoms with E-state index in [-0.39, 0.29) is 0 Å². The zero-order valence-electron chi connectivity index (χ0n) is 90.4. The van der Waals surface area contributed by atoms with Gasteiger partial charge in [0, 0.05) is 76.1 Å². The summed E-state index contributed by atoms with van der Waals surface area (Å²) in [6, 6.07) is 15.4. The molecule has 13 saturated carbocycles. The number of rotatable bonds is 18. The molecule has 4 aromatic rings. The fourth-order valence-corrected chi connectivity index (χ4v) is 19.5.